The van der Waals surface area contributed by atoms with Gasteiger partial charge in [0.2, 0.25) is 15.9 Å². The molecule has 1 aliphatic heterocycles. The Hall–Kier alpha value is -3.20. The van der Waals surface area contributed by atoms with Crippen molar-refractivity contribution < 1.29 is 17.6 Å². The summed E-state index contributed by atoms with van der Waals surface area (Å²) in [4.78, 5) is 17.2. The van der Waals surface area contributed by atoms with Gasteiger partial charge in [-0.05, 0) is 67.4 Å². The average Bonchev–Trinajstić information content (AvgIpc) is 3.50. The summed E-state index contributed by atoms with van der Waals surface area (Å²) in [6.07, 6.45) is 1.63. The lowest BCUT2D eigenvalue weighted by Gasteiger charge is -2.17. The molecule has 1 amide bonds. The molecule has 9 heteroatoms. The third-order valence-electron chi connectivity index (χ3n) is 5.56. The van der Waals surface area contributed by atoms with Crippen LogP contribution in [0.15, 0.2) is 76.0 Å². The Morgan fingerprint density at radius 3 is 2.45 bits per heavy atom. The number of benzene rings is 3. The summed E-state index contributed by atoms with van der Waals surface area (Å²) >= 11 is 6.18. The van der Waals surface area contributed by atoms with Crippen molar-refractivity contribution in [1.82, 2.24) is 9.29 Å². The lowest BCUT2D eigenvalue weighted by Crippen LogP contribution is -2.28. The normalized spacial score (nSPS) is 14.6. The molecule has 0 radical (unpaired) electrons. The molecular formula is C24H20ClN3O4S. The maximum absolute atomic E-state index is 12.9. The van der Waals surface area contributed by atoms with Crippen LogP contribution in [0, 0.1) is 0 Å². The monoisotopic (exact) mass is 481 g/mol. The summed E-state index contributed by atoms with van der Waals surface area (Å²) in [6.45, 7) is 0.920. The Kier molecular flexibility index (Phi) is 5.65. The minimum atomic E-state index is -3.74. The highest BCUT2D eigenvalue weighted by Gasteiger charge is 2.29. The van der Waals surface area contributed by atoms with E-state index in [1.54, 1.807) is 24.3 Å². The van der Waals surface area contributed by atoms with E-state index < -0.39 is 15.9 Å². The quantitative estimate of drug-likeness (QED) is 0.423. The zero-order valence-corrected chi connectivity index (χ0v) is 19.1. The summed E-state index contributed by atoms with van der Waals surface area (Å²) in [5.74, 6) is 0.0580. The van der Waals surface area contributed by atoms with Crippen LogP contribution in [0.3, 0.4) is 0 Å². The van der Waals surface area contributed by atoms with Crippen molar-refractivity contribution in [3.63, 3.8) is 0 Å². The number of sulfonamides is 1. The highest BCUT2D eigenvalue weighted by atomic mass is 35.5. The van der Waals surface area contributed by atoms with E-state index in [-0.39, 0.29) is 15.5 Å². The minimum Gasteiger partial charge on any atom is -0.436 e. The van der Waals surface area contributed by atoms with Crippen LogP contribution in [0.1, 0.15) is 23.2 Å². The number of anilines is 1. The molecule has 5 rings (SSSR count). The first-order chi connectivity index (χ1) is 15.9. The van der Waals surface area contributed by atoms with Crippen LogP contribution in [0.4, 0.5) is 5.69 Å². The van der Waals surface area contributed by atoms with E-state index in [2.05, 4.69) is 10.3 Å². The molecule has 3 aromatic carbocycles. The van der Waals surface area contributed by atoms with Crippen LogP contribution in [0.2, 0.25) is 5.02 Å². The third-order valence-corrected chi connectivity index (χ3v) is 7.94. The van der Waals surface area contributed by atoms with E-state index >= 15 is 0 Å². The molecule has 1 fully saturated rings. The van der Waals surface area contributed by atoms with Crippen molar-refractivity contribution in [2.24, 2.45) is 0 Å². The summed E-state index contributed by atoms with van der Waals surface area (Å²) < 4.78 is 33.0. The van der Waals surface area contributed by atoms with Crippen molar-refractivity contribution >= 4 is 44.3 Å². The number of nitrogens with one attached hydrogen (secondary N) is 1. The maximum atomic E-state index is 12.9. The standard InChI is InChI=1S/C24H20ClN3O4S/c25-19-12-9-17(15-22(19)33(30,31)28-13-3-4-14-28)23(29)26-18-10-7-16(8-11-18)24-27-20-5-1-2-6-21(20)32-24/h1-2,5-12,15H,3-4,13-14H2,(H,26,29). The molecule has 0 spiro atoms. The van der Waals surface area contributed by atoms with Gasteiger partial charge in [-0.3, -0.25) is 4.79 Å². The van der Waals surface area contributed by atoms with E-state index in [0.717, 1.165) is 23.9 Å². The van der Waals surface area contributed by atoms with Crippen molar-refractivity contribution in [3.05, 3.63) is 77.3 Å². The number of aromatic nitrogens is 1. The molecule has 33 heavy (non-hydrogen) atoms. The predicted octanol–water partition coefficient (Wildman–Crippen LogP) is 5.19. The fraction of sp³-hybridized carbons (Fsp3) is 0.167. The van der Waals surface area contributed by atoms with Crippen LogP contribution in [-0.4, -0.2) is 36.7 Å². The molecule has 0 bridgehead atoms. The average molecular weight is 482 g/mol. The van der Waals surface area contributed by atoms with Crippen LogP contribution in [0.5, 0.6) is 0 Å². The van der Waals surface area contributed by atoms with Crippen molar-refractivity contribution in [1.29, 1.82) is 0 Å². The van der Waals surface area contributed by atoms with Gasteiger partial charge in [0.1, 0.15) is 10.4 Å². The number of carbonyl (C=O) groups excluding carboxylic acids is 1. The molecule has 1 aromatic heterocycles. The lowest BCUT2D eigenvalue weighted by molar-refractivity contribution is 0.102. The predicted molar refractivity (Wildman–Crippen MR) is 127 cm³/mol. The van der Waals surface area contributed by atoms with Gasteiger partial charge in [-0.1, -0.05) is 23.7 Å². The number of rotatable bonds is 5. The lowest BCUT2D eigenvalue weighted by atomic mass is 10.2. The molecule has 1 aliphatic rings. The number of oxazole rings is 1. The molecule has 0 saturated carbocycles. The Labute approximate surface area is 196 Å². The minimum absolute atomic E-state index is 0.0509. The molecule has 2 heterocycles. The first-order valence-electron chi connectivity index (χ1n) is 10.5. The number of hydrogen-bond acceptors (Lipinski definition) is 5. The third kappa shape index (κ3) is 4.25. The number of nitrogens with zero attached hydrogens (tertiary/aromatic N) is 2. The van der Waals surface area contributed by atoms with E-state index in [9.17, 15) is 13.2 Å². The van der Waals surface area contributed by atoms with Gasteiger partial charge in [-0.2, -0.15) is 4.31 Å². The van der Waals surface area contributed by atoms with Crippen molar-refractivity contribution in [3.8, 4) is 11.5 Å². The highest BCUT2D eigenvalue weighted by Crippen LogP contribution is 2.29. The molecule has 0 unspecified atom stereocenters. The second-order valence-corrected chi connectivity index (χ2v) is 10.1. The first-order valence-corrected chi connectivity index (χ1v) is 12.3. The number of halogens is 1. The van der Waals surface area contributed by atoms with Crippen LogP contribution in [0.25, 0.3) is 22.6 Å². The Morgan fingerprint density at radius 1 is 1.00 bits per heavy atom. The first kappa shape index (κ1) is 21.6. The van der Waals surface area contributed by atoms with Gasteiger partial charge in [-0.25, -0.2) is 13.4 Å². The molecule has 1 saturated heterocycles. The van der Waals surface area contributed by atoms with E-state index in [1.165, 1.54) is 22.5 Å². The van der Waals surface area contributed by atoms with Gasteiger partial charge < -0.3 is 9.73 Å². The summed E-state index contributed by atoms with van der Waals surface area (Å²) in [5.41, 5.74) is 3.01. The van der Waals surface area contributed by atoms with Crippen LogP contribution >= 0.6 is 11.6 Å². The molecule has 1 N–H and O–H groups in total. The fourth-order valence-corrected chi connectivity index (χ4v) is 5.82. The molecule has 4 aromatic rings. The fourth-order valence-electron chi connectivity index (χ4n) is 3.80. The SMILES string of the molecule is O=C(Nc1ccc(-c2nc3ccccc3o2)cc1)c1ccc(Cl)c(S(=O)(=O)N2CCCC2)c1. The number of carbonyl (C=O) groups is 1. The van der Waals surface area contributed by atoms with Gasteiger partial charge in [-0.15, -0.1) is 0 Å². The van der Waals surface area contributed by atoms with Crippen molar-refractivity contribution in [2.75, 3.05) is 18.4 Å². The van der Waals surface area contributed by atoms with Gasteiger partial charge in [0.05, 0.1) is 5.02 Å². The largest absolute Gasteiger partial charge is 0.436 e. The molecule has 7 nitrogen and oxygen atoms in total. The Morgan fingerprint density at radius 2 is 1.73 bits per heavy atom. The van der Waals surface area contributed by atoms with Gasteiger partial charge in [0.15, 0.2) is 5.58 Å². The number of hydrogen-bond donors (Lipinski definition) is 1. The zero-order chi connectivity index (χ0) is 23.0. The van der Waals surface area contributed by atoms with Gasteiger partial charge in [0, 0.05) is 29.9 Å². The molecule has 0 atom stereocenters. The maximum Gasteiger partial charge on any atom is 0.255 e. The highest BCUT2D eigenvalue weighted by molar-refractivity contribution is 7.89. The number of amides is 1. The van der Waals surface area contributed by atoms with E-state index in [4.69, 9.17) is 16.0 Å². The Balaban J connectivity index is 1.35. The smallest absolute Gasteiger partial charge is 0.255 e. The second kappa shape index (κ2) is 8.62. The number of para-hydroxylation sites is 2. The molecular weight excluding hydrogens is 462 g/mol. The topological polar surface area (TPSA) is 92.5 Å². The van der Waals surface area contributed by atoms with Crippen LogP contribution < -0.4 is 5.32 Å². The number of fused-ring (bicyclic) bond motifs is 1. The second-order valence-electron chi connectivity index (χ2n) is 7.77. The molecule has 168 valence electrons. The van der Waals surface area contributed by atoms with Gasteiger partial charge >= 0.3 is 0 Å². The van der Waals surface area contributed by atoms with Crippen molar-refractivity contribution in [2.45, 2.75) is 17.7 Å². The summed E-state index contributed by atoms with van der Waals surface area (Å²) in [6, 6.07) is 18.9. The zero-order valence-electron chi connectivity index (χ0n) is 17.5. The van der Waals surface area contributed by atoms with Gasteiger partial charge in [0.25, 0.3) is 5.91 Å². The van der Waals surface area contributed by atoms with E-state index in [1.807, 2.05) is 24.3 Å². The molecule has 0 aliphatic carbocycles. The Bertz CT molecular complexity index is 1410. The summed E-state index contributed by atoms with van der Waals surface area (Å²) in [5, 5.41) is 2.89. The summed E-state index contributed by atoms with van der Waals surface area (Å²) in [7, 11) is -3.74. The van der Waals surface area contributed by atoms with Crippen LogP contribution in [-0.2, 0) is 10.0 Å². The van der Waals surface area contributed by atoms with E-state index in [0.29, 0.717) is 30.3 Å².